The fourth-order valence-electron chi connectivity index (χ4n) is 2.85. The van der Waals surface area contributed by atoms with E-state index in [1.807, 2.05) is 11.0 Å². The molecule has 3 rings (SSSR count). The molecule has 1 aliphatic carbocycles. The molecule has 0 spiro atoms. The van der Waals surface area contributed by atoms with E-state index >= 15 is 0 Å². The molecule has 1 N–H and O–H groups in total. The van der Waals surface area contributed by atoms with Crippen LogP contribution in [0.1, 0.15) is 28.8 Å². The first-order valence-corrected chi connectivity index (χ1v) is 8.52. The Hall–Kier alpha value is -2.73. The summed E-state index contributed by atoms with van der Waals surface area (Å²) in [6.45, 7) is 0.738. The molecule has 0 aromatic heterocycles. The smallest absolute Gasteiger partial charge is 0.337 e. The Morgan fingerprint density at radius 2 is 1.96 bits per heavy atom. The topological polar surface area (TPSA) is 58.6 Å². The van der Waals surface area contributed by atoms with Crippen molar-refractivity contribution in [1.82, 2.24) is 4.90 Å². The number of carbonyl (C=O) groups excluding carboxylic acids is 2. The number of amides is 1. The third kappa shape index (κ3) is 4.89. The van der Waals surface area contributed by atoms with Crippen LogP contribution in [0, 0.1) is 5.82 Å². The van der Waals surface area contributed by atoms with E-state index in [2.05, 4.69) is 10.1 Å². The molecule has 136 valence electrons. The average Bonchev–Trinajstić information content (AvgIpc) is 3.46. The molecule has 5 nitrogen and oxygen atoms in total. The maximum Gasteiger partial charge on any atom is 0.337 e. The van der Waals surface area contributed by atoms with Gasteiger partial charge in [-0.2, -0.15) is 0 Å². The highest BCUT2D eigenvalue weighted by Crippen LogP contribution is 2.28. The number of hydrogen-bond donors (Lipinski definition) is 1. The van der Waals surface area contributed by atoms with Crippen LogP contribution in [0.15, 0.2) is 48.5 Å². The second-order valence-corrected chi connectivity index (χ2v) is 6.39. The highest BCUT2D eigenvalue weighted by molar-refractivity contribution is 5.95. The minimum Gasteiger partial charge on any atom is -0.465 e. The molecule has 1 saturated carbocycles. The predicted molar refractivity (Wildman–Crippen MR) is 96.2 cm³/mol. The number of halogens is 1. The molecule has 1 amide bonds. The van der Waals surface area contributed by atoms with Crippen molar-refractivity contribution in [2.45, 2.75) is 25.4 Å². The zero-order valence-corrected chi connectivity index (χ0v) is 14.6. The van der Waals surface area contributed by atoms with Crippen LogP contribution in [0.3, 0.4) is 0 Å². The standard InChI is InChI=1S/C20H21FN2O3/c1-26-20(25)15-5-3-7-17(11-15)22-19(24)13-23(18-8-9-18)12-14-4-2-6-16(21)10-14/h2-7,10-11,18H,8-9,12-13H2,1H3,(H,22,24). The Kier molecular flexibility index (Phi) is 5.63. The van der Waals surface area contributed by atoms with Crippen LogP contribution in [-0.2, 0) is 16.1 Å². The fraction of sp³-hybridized carbons (Fsp3) is 0.300. The van der Waals surface area contributed by atoms with Gasteiger partial charge in [-0.15, -0.1) is 0 Å². The number of rotatable bonds is 7. The Morgan fingerprint density at radius 1 is 1.19 bits per heavy atom. The molecule has 1 fully saturated rings. The highest BCUT2D eigenvalue weighted by atomic mass is 19.1. The van der Waals surface area contributed by atoms with Gasteiger partial charge in [0.25, 0.3) is 0 Å². The number of nitrogens with zero attached hydrogens (tertiary/aromatic N) is 1. The zero-order valence-electron chi connectivity index (χ0n) is 14.6. The Bertz CT molecular complexity index is 805. The summed E-state index contributed by atoms with van der Waals surface area (Å²) < 4.78 is 18.1. The van der Waals surface area contributed by atoms with E-state index in [-0.39, 0.29) is 18.3 Å². The lowest BCUT2D eigenvalue weighted by Crippen LogP contribution is -2.34. The van der Waals surface area contributed by atoms with Crippen LogP contribution in [0.25, 0.3) is 0 Å². The number of hydrogen-bond acceptors (Lipinski definition) is 4. The van der Waals surface area contributed by atoms with Gasteiger partial charge in [0.2, 0.25) is 5.91 Å². The average molecular weight is 356 g/mol. The van der Waals surface area contributed by atoms with Gasteiger partial charge in [-0.05, 0) is 48.7 Å². The quantitative estimate of drug-likeness (QED) is 0.774. The molecule has 2 aromatic carbocycles. The highest BCUT2D eigenvalue weighted by Gasteiger charge is 2.30. The Morgan fingerprint density at radius 3 is 2.65 bits per heavy atom. The fourth-order valence-corrected chi connectivity index (χ4v) is 2.85. The van der Waals surface area contributed by atoms with Crippen LogP contribution >= 0.6 is 0 Å². The summed E-state index contributed by atoms with van der Waals surface area (Å²) in [5.41, 5.74) is 1.76. The van der Waals surface area contributed by atoms with Crippen LogP contribution in [0.2, 0.25) is 0 Å². The van der Waals surface area contributed by atoms with Gasteiger partial charge in [0, 0.05) is 18.3 Å². The van der Waals surface area contributed by atoms with Crippen molar-refractivity contribution >= 4 is 17.6 Å². The second kappa shape index (κ2) is 8.10. The molecule has 26 heavy (non-hydrogen) atoms. The van der Waals surface area contributed by atoms with Crippen molar-refractivity contribution in [3.8, 4) is 0 Å². The minimum absolute atomic E-state index is 0.171. The molecule has 1 aliphatic rings. The molecular weight excluding hydrogens is 335 g/mol. The van der Waals surface area contributed by atoms with Gasteiger partial charge >= 0.3 is 5.97 Å². The number of nitrogens with one attached hydrogen (secondary N) is 1. The number of carbonyl (C=O) groups is 2. The summed E-state index contributed by atoms with van der Waals surface area (Å²) in [4.78, 5) is 26.1. The van der Waals surface area contributed by atoms with Gasteiger partial charge in [0.1, 0.15) is 5.82 Å². The van der Waals surface area contributed by atoms with Crippen molar-refractivity contribution in [1.29, 1.82) is 0 Å². The maximum atomic E-state index is 13.4. The summed E-state index contributed by atoms with van der Waals surface area (Å²) in [5, 5.41) is 2.81. The molecular formula is C20H21FN2O3. The molecule has 0 unspecified atom stereocenters. The number of methoxy groups -OCH3 is 1. The summed E-state index contributed by atoms with van der Waals surface area (Å²) in [7, 11) is 1.31. The summed E-state index contributed by atoms with van der Waals surface area (Å²) in [5.74, 6) is -0.899. The lowest BCUT2D eigenvalue weighted by molar-refractivity contribution is -0.117. The van der Waals surface area contributed by atoms with Crippen molar-refractivity contribution in [3.63, 3.8) is 0 Å². The van der Waals surface area contributed by atoms with E-state index in [0.717, 1.165) is 18.4 Å². The Labute approximate surface area is 151 Å². The SMILES string of the molecule is COC(=O)c1cccc(NC(=O)CN(Cc2cccc(F)c2)C2CC2)c1. The van der Waals surface area contributed by atoms with E-state index in [9.17, 15) is 14.0 Å². The molecule has 0 bridgehead atoms. The minimum atomic E-state index is -0.452. The van der Waals surface area contributed by atoms with Gasteiger partial charge < -0.3 is 10.1 Å². The molecule has 2 aromatic rings. The molecule has 0 radical (unpaired) electrons. The van der Waals surface area contributed by atoms with Crippen LogP contribution in [0.5, 0.6) is 0 Å². The zero-order chi connectivity index (χ0) is 18.5. The van der Waals surface area contributed by atoms with Crippen molar-refractivity contribution < 1.29 is 18.7 Å². The van der Waals surface area contributed by atoms with E-state index in [1.165, 1.54) is 19.2 Å². The summed E-state index contributed by atoms with van der Waals surface area (Å²) in [6.07, 6.45) is 2.08. The van der Waals surface area contributed by atoms with Gasteiger partial charge in [0.15, 0.2) is 0 Å². The number of esters is 1. The largest absolute Gasteiger partial charge is 0.465 e. The lowest BCUT2D eigenvalue weighted by Gasteiger charge is -2.21. The molecule has 0 heterocycles. The Balaban J connectivity index is 1.63. The number of anilines is 1. The van der Waals surface area contributed by atoms with Crippen LogP contribution in [-0.4, -0.2) is 36.5 Å². The first-order valence-electron chi connectivity index (χ1n) is 8.52. The lowest BCUT2D eigenvalue weighted by atomic mass is 10.2. The van der Waals surface area contributed by atoms with Gasteiger partial charge in [-0.25, -0.2) is 9.18 Å². The second-order valence-electron chi connectivity index (χ2n) is 6.39. The van der Waals surface area contributed by atoms with Gasteiger partial charge in [-0.1, -0.05) is 18.2 Å². The summed E-state index contributed by atoms with van der Waals surface area (Å²) >= 11 is 0. The third-order valence-electron chi connectivity index (χ3n) is 4.25. The van der Waals surface area contributed by atoms with Crippen LogP contribution < -0.4 is 5.32 Å². The van der Waals surface area contributed by atoms with Gasteiger partial charge in [0.05, 0.1) is 19.2 Å². The van der Waals surface area contributed by atoms with E-state index in [1.54, 1.807) is 30.3 Å². The first-order chi connectivity index (χ1) is 12.5. The van der Waals surface area contributed by atoms with Crippen molar-refractivity contribution in [2.75, 3.05) is 19.0 Å². The van der Waals surface area contributed by atoms with E-state index in [4.69, 9.17) is 0 Å². The first kappa shape index (κ1) is 18.1. The maximum absolute atomic E-state index is 13.4. The molecule has 0 saturated heterocycles. The summed E-state index contributed by atoms with van der Waals surface area (Å²) in [6, 6.07) is 13.4. The number of benzene rings is 2. The van der Waals surface area contributed by atoms with Crippen LogP contribution in [0.4, 0.5) is 10.1 Å². The van der Waals surface area contributed by atoms with E-state index < -0.39 is 5.97 Å². The normalized spacial score (nSPS) is 13.5. The monoisotopic (exact) mass is 356 g/mol. The van der Waals surface area contributed by atoms with Crippen molar-refractivity contribution in [3.05, 3.63) is 65.5 Å². The molecule has 0 aliphatic heterocycles. The van der Waals surface area contributed by atoms with E-state index in [0.29, 0.717) is 23.8 Å². The third-order valence-corrected chi connectivity index (χ3v) is 4.25. The predicted octanol–water partition coefficient (Wildman–Crippen LogP) is 3.22. The molecule has 0 atom stereocenters. The van der Waals surface area contributed by atoms with Crippen molar-refractivity contribution in [2.24, 2.45) is 0 Å². The number of ether oxygens (including phenoxy) is 1. The van der Waals surface area contributed by atoms with Gasteiger partial charge in [-0.3, -0.25) is 9.69 Å². The molecule has 6 heteroatoms.